The van der Waals surface area contributed by atoms with Gasteiger partial charge in [0.05, 0.1) is 12.9 Å². The van der Waals surface area contributed by atoms with Crippen LogP contribution in [0, 0.1) is 6.92 Å². The molecule has 3 rings (SSSR count). The molecule has 1 N–H and O–H groups in total. The van der Waals surface area contributed by atoms with Crippen LogP contribution in [0.5, 0.6) is 5.75 Å². The molecule has 0 fully saturated rings. The molecule has 2 aromatic carbocycles. The molecule has 0 saturated carbocycles. The SMILES string of the molecule is COc1ccccc1-n1nnnc1SCC(=O)NCc1ccc(C)cc1. The number of rotatable bonds is 7. The zero-order valence-corrected chi connectivity index (χ0v) is 15.4. The summed E-state index contributed by atoms with van der Waals surface area (Å²) in [5, 5.41) is 15.1. The molecule has 0 unspecified atom stereocenters. The number of carbonyl (C=O) groups excluding carboxylic acids is 1. The van der Waals surface area contributed by atoms with Crippen LogP contribution in [0.15, 0.2) is 53.7 Å². The van der Waals surface area contributed by atoms with E-state index in [4.69, 9.17) is 4.74 Å². The minimum atomic E-state index is -0.0786. The van der Waals surface area contributed by atoms with Crippen molar-refractivity contribution in [3.63, 3.8) is 0 Å². The first-order valence-corrected chi connectivity index (χ1v) is 9.03. The number of aromatic nitrogens is 4. The van der Waals surface area contributed by atoms with Gasteiger partial charge >= 0.3 is 0 Å². The van der Waals surface area contributed by atoms with Crippen LogP contribution in [0.1, 0.15) is 11.1 Å². The van der Waals surface area contributed by atoms with E-state index in [2.05, 4.69) is 20.8 Å². The lowest BCUT2D eigenvalue weighted by Crippen LogP contribution is -2.24. The molecule has 0 aliphatic carbocycles. The third-order valence-electron chi connectivity index (χ3n) is 3.70. The van der Waals surface area contributed by atoms with Gasteiger partial charge in [-0.25, -0.2) is 0 Å². The van der Waals surface area contributed by atoms with Crippen molar-refractivity contribution in [2.45, 2.75) is 18.6 Å². The summed E-state index contributed by atoms with van der Waals surface area (Å²) in [6.45, 7) is 2.53. The second kappa shape index (κ2) is 8.48. The van der Waals surface area contributed by atoms with Gasteiger partial charge in [-0.3, -0.25) is 4.79 Å². The van der Waals surface area contributed by atoms with Gasteiger partial charge in [0.1, 0.15) is 11.4 Å². The fraction of sp³-hybridized carbons (Fsp3) is 0.222. The molecule has 134 valence electrons. The summed E-state index contributed by atoms with van der Waals surface area (Å²) < 4.78 is 6.91. The lowest BCUT2D eigenvalue weighted by molar-refractivity contribution is -0.118. The topological polar surface area (TPSA) is 81.9 Å². The van der Waals surface area contributed by atoms with E-state index in [-0.39, 0.29) is 11.7 Å². The number of ether oxygens (including phenoxy) is 1. The zero-order valence-electron chi connectivity index (χ0n) is 14.5. The van der Waals surface area contributed by atoms with E-state index in [9.17, 15) is 4.79 Å². The predicted octanol–water partition coefficient (Wildman–Crippen LogP) is 2.39. The van der Waals surface area contributed by atoms with Crippen molar-refractivity contribution < 1.29 is 9.53 Å². The molecular weight excluding hydrogens is 350 g/mol. The highest BCUT2D eigenvalue weighted by Gasteiger charge is 2.14. The Morgan fingerprint density at radius 2 is 1.96 bits per heavy atom. The van der Waals surface area contributed by atoms with Gasteiger partial charge in [-0.05, 0) is 35.0 Å². The van der Waals surface area contributed by atoms with E-state index in [1.54, 1.807) is 11.8 Å². The van der Waals surface area contributed by atoms with Crippen molar-refractivity contribution in [1.82, 2.24) is 25.5 Å². The molecule has 0 saturated heterocycles. The first kappa shape index (κ1) is 17.9. The number of carbonyl (C=O) groups is 1. The summed E-state index contributed by atoms with van der Waals surface area (Å²) in [6.07, 6.45) is 0. The van der Waals surface area contributed by atoms with Gasteiger partial charge in [0, 0.05) is 6.54 Å². The first-order chi connectivity index (χ1) is 12.7. The van der Waals surface area contributed by atoms with Gasteiger partial charge < -0.3 is 10.1 Å². The lowest BCUT2D eigenvalue weighted by atomic mass is 10.1. The highest BCUT2D eigenvalue weighted by molar-refractivity contribution is 7.99. The third-order valence-corrected chi connectivity index (χ3v) is 4.62. The van der Waals surface area contributed by atoms with E-state index >= 15 is 0 Å². The number of para-hydroxylation sites is 2. The lowest BCUT2D eigenvalue weighted by Gasteiger charge is -2.09. The summed E-state index contributed by atoms with van der Waals surface area (Å²) in [5.74, 6) is 0.803. The van der Waals surface area contributed by atoms with Gasteiger partial charge in [-0.2, -0.15) is 4.68 Å². The molecule has 8 heteroatoms. The minimum absolute atomic E-state index is 0.0786. The van der Waals surface area contributed by atoms with Crippen LogP contribution in [0.4, 0.5) is 0 Å². The van der Waals surface area contributed by atoms with E-state index in [0.717, 1.165) is 11.3 Å². The molecule has 0 atom stereocenters. The highest BCUT2D eigenvalue weighted by Crippen LogP contribution is 2.25. The van der Waals surface area contributed by atoms with Crippen molar-refractivity contribution >= 4 is 17.7 Å². The molecule has 1 amide bonds. The number of methoxy groups -OCH3 is 1. The number of hydrogen-bond donors (Lipinski definition) is 1. The second-order valence-electron chi connectivity index (χ2n) is 5.60. The molecule has 1 aromatic heterocycles. The smallest absolute Gasteiger partial charge is 0.230 e. The molecule has 26 heavy (non-hydrogen) atoms. The minimum Gasteiger partial charge on any atom is -0.494 e. The van der Waals surface area contributed by atoms with Crippen LogP contribution in [0.25, 0.3) is 5.69 Å². The Hall–Kier alpha value is -2.87. The van der Waals surface area contributed by atoms with E-state index < -0.39 is 0 Å². The maximum absolute atomic E-state index is 12.1. The summed E-state index contributed by atoms with van der Waals surface area (Å²) in [5.41, 5.74) is 2.98. The summed E-state index contributed by atoms with van der Waals surface area (Å²) in [4.78, 5) is 12.1. The first-order valence-electron chi connectivity index (χ1n) is 8.04. The Kier molecular flexibility index (Phi) is 5.85. The van der Waals surface area contributed by atoms with Gasteiger partial charge in [0.2, 0.25) is 11.1 Å². The van der Waals surface area contributed by atoms with E-state index in [1.807, 2.05) is 55.5 Å². The number of tetrazole rings is 1. The number of nitrogens with one attached hydrogen (secondary N) is 1. The fourth-order valence-corrected chi connectivity index (χ4v) is 3.03. The van der Waals surface area contributed by atoms with Crippen molar-refractivity contribution in [2.75, 3.05) is 12.9 Å². The summed E-state index contributed by atoms with van der Waals surface area (Å²) >= 11 is 1.27. The van der Waals surface area contributed by atoms with Crippen LogP contribution in [-0.4, -0.2) is 39.0 Å². The molecule has 0 aliphatic heterocycles. The molecular formula is C18H19N5O2S. The molecule has 1 heterocycles. The molecule has 0 radical (unpaired) electrons. The molecule has 7 nitrogen and oxygen atoms in total. The second-order valence-corrected chi connectivity index (χ2v) is 6.54. The van der Waals surface area contributed by atoms with Gasteiger partial charge in [0.25, 0.3) is 0 Å². The highest BCUT2D eigenvalue weighted by atomic mass is 32.2. The number of aryl methyl sites for hydroxylation is 1. The Balaban J connectivity index is 1.59. The fourth-order valence-electron chi connectivity index (χ4n) is 2.31. The van der Waals surface area contributed by atoms with E-state index in [0.29, 0.717) is 17.5 Å². The average Bonchev–Trinajstić information content (AvgIpc) is 3.14. The van der Waals surface area contributed by atoms with Crippen molar-refractivity contribution in [2.24, 2.45) is 0 Å². The normalized spacial score (nSPS) is 10.5. The molecule has 0 spiro atoms. The van der Waals surface area contributed by atoms with Crippen LogP contribution in [-0.2, 0) is 11.3 Å². The molecule has 3 aromatic rings. The number of hydrogen-bond acceptors (Lipinski definition) is 6. The third kappa shape index (κ3) is 4.40. The van der Waals surface area contributed by atoms with Gasteiger partial charge in [0.15, 0.2) is 0 Å². The quantitative estimate of drug-likeness (QED) is 0.644. The Bertz CT molecular complexity index is 879. The molecule has 0 bridgehead atoms. The molecule has 0 aliphatic rings. The standard InChI is InChI=1S/C18H19N5O2S/c1-13-7-9-14(10-8-13)11-19-17(24)12-26-18-20-21-22-23(18)15-5-3-4-6-16(15)25-2/h3-10H,11-12H2,1-2H3,(H,19,24). The largest absolute Gasteiger partial charge is 0.494 e. The van der Waals surface area contributed by atoms with E-state index in [1.165, 1.54) is 17.3 Å². The maximum atomic E-state index is 12.1. The number of benzene rings is 2. The summed E-state index contributed by atoms with van der Waals surface area (Å²) in [6, 6.07) is 15.5. The van der Waals surface area contributed by atoms with Crippen LogP contribution < -0.4 is 10.1 Å². The zero-order chi connectivity index (χ0) is 18.4. The monoisotopic (exact) mass is 369 g/mol. The maximum Gasteiger partial charge on any atom is 0.230 e. The Morgan fingerprint density at radius 3 is 2.73 bits per heavy atom. The van der Waals surface area contributed by atoms with Crippen LogP contribution in [0.3, 0.4) is 0 Å². The van der Waals surface area contributed by atoms with Crippen LogP contribution in [0.2, 0.25) is 0 Å². The Morgan fingerprint density at radius 1 is 1.19 bits per heavy atom. The number of nitrogens with zero attached hydrogens (tertiary/aromatic N) is 4. The van der Waals surface area contributed by atoms with Gasteiger partial charge in [-0.15, -0.1) is 5.10 Å². The number of thioether (sulfide) groups is 1. The van der Waals surface area contributed by atoms with Gasteiger partial charge in [-0.1, -0.05) is 53.7 Å². The van der Waals surface area contributed by atoms with Crippen molar-refractivity contribution in [3.05, 3.63) is 59.7 Å². The van der Waals surface area contributed by atoms with Crippen molar-refractivity contribution in [1.29, 1.82) is 0 Å². The average molecular weight is 369 g/mol. The predicted molar refractivity (Wildman–Crippen MR) is 99.5 cm³/mol. The van der Waals surface area contributed by atoms with Crippen LogP contribution >= 0.6 is 11.8 Å². The summed E-state index contributed by atoms with van der Waals surface area (Å²) in [7, 11) is 1.59. The Labute approximate surface area is 155 Å². The van der Waals surface area contributed by atoms with Crippen molar-refractivity contribution in [3.8, 4) is 11.4 Å². The number of amides is 1.